The van der Waals surface area contributed by atoms with Gasteiger partial charge in [0, 0.05) is 12.7 Å². The summed E-state index contributed by atoms with van der Waals surface area (Å²) >= 11 is 0. The molecule has 5 heteroatoms. The third-order valence-electron chi connectivity index (χ3n) is 1.83. The van der Waals surface area contributed by atoms with Crippen molar-refractivity contribution < 1.29 is 13.9 Å². The van der Waals surface area contributed by atoms with Crippen molar-refractivity contribution in [1.29, 1.82) is 0 Å². The van der Waals surface area contributed by atoms with Gasteiger partial charge in [0.2, 0.25) is 0 Å². The van der Waals surface area contributed by atoms with E-state index in [0.717, 1.165) is 0 Å². The molecule has 1 aromatic heterocycles. The van der Waals surface area contributed by atoms with Crippen molar-refractivity contribution >= 4 is 12.2 Å². The number of alkyl carbamates (subject to hydrolysis) is 1. The number of ether oxygens (including phenoxy) is 1. The van der Waals surface area contributed by atoms with Crippen molar-refractivity contribution in [3.63, 3.8) is 0 Å². The van der Waals surface area contributed by atoms with Crippen molar-refractivity contribution in [2.45, 2.75) is 26.4 Å². The molecule has 0 radical (unpaired) electrons. The molecule has 0 unspecified atom stereocenters. The number of carbonyl (C=O) groups excluding carboxylic acids is 1. The van der Waals surface area contributed by atoms with Gasteiger partial charge in [-0.3, -0.25) is 4.98 Å². The number of pyridine rings is 1. The van der Waals surface area contributed by atoms with E-state index in [1.165, 1.54) is 24.4 Å². The molecule has 0 bridgehead atoms. The second-order valence-electron chi connectivity index (χ2n) is 4.66. The summed E-state index contributed by atoms with van der Waals surface area (Å²) in [6.45, 7) is 5.61. The lowest BCUT2D eigenvalue weighted by Gasteiger charge is -2.19. The quantitative estimate of drug-likeness (QED) is 0.899. The van der Waals surface area contributed by atoms with Crippen LogP contribution in [0.15, 0.2) is 24.4 Å². The number of carbonyl (C=O) groups is 1. The van der Waals surface area contributed by atoms with Gasteiger partial charge in [-0.25, -0.2) is 9.18 Å². The SMILES string of the molecule is CC(C)(C)OC(=O)NCC=Cc1ncccc1F. The van der Waals surface area contributed by atoms with Gasteiger partial charge in [0.1, 0.15) is 11.4 Å². The second kappa shape index (κ2) is 6.14. The Labute approximate surface area is 106 Å². The molecule has 4 nitrogen and oxygen atoms in total. The summed E-state index contributed by atoms with van der Waals surface area (Å²) in [6, 6.07) is 2.85. The van der Waals surface area contributed by atoms with E-state index in [-0.39, 0.29) is 12.2 Å². The molecule has 0 saturated heterocycles. The zero-order valence-electron chi connectivity index (χ0n) is 10.7. The summed E-state index contributed by atoms with van der Waals surface area (Å²) in [4.78, 5) is 15.1. The Morgan fingerprint density at radius 2 is 2.28 bits per heavy atom. The molecule has 0 aliphatic heterocycles. The minimum Gasteiger partial charge on any atom is -0.444 e. The molecule has 0 aromatic carbocycles. The zero-order chi connectivity index (χ0) is 13.6. The molecule has 1 rings (SSSR count). The first-order valence-electron chi connectivity index (χ1n) is 5.62. The Bertz CT molecular complexity index is 439. The van der Waals surface area contributed by atoms with Crippen LogP contribution in [0.25, 0.3) is 6.08 Å². The van der Waals surface area contributed by atoms with E-state index < -0.39 is 17.5 Å². The van der Waals surface area contributed by atoms with Crippen LogP contribution in [0.5, 0.6) is 0 Å². The van der Waals surface area contributed by atoms with E-state index in [4.69, 9.17) is 4.74 Å². The number of amides is 1. The molecule has 1 aromatic rings. The van der Waals surface area contributed by atoms with Crippen LogP contribution in [0, 0.1) is 5.82 Å². The molecule has 18 heavy (non-hydrogen) atoms. The van der Waals surface area contributed by atoms with Gasteiger partial charge in [-0.1, -0.05) is 6.08 Å². The first-order chi connectivity index (χ1) is 8.38. The lowest BCUT2D eigenvalue weighted by molar-refractivity contribution is 0.0534. The van der Waals surface area contributed by atoms with Crippen molar-refractivity contribution in [2.75, 3.05) is 6.54 Å². The first kappa shape index (κ1) is 14.2. The number of hydrogen-bond acceptors (Lipinski definition) is 3. The van der Waals surface area contributed by atoms with Crippen molar-refractivity contribution in [1.82, 2.24) is 10.3 Å². The highest BCUT2D eigenvalue weighted by Gasteiger charge is 2.14. The van der Waals surface area contributed by atoms with Crippen LogP contribution in [-0.4, -0.2) is 23.2 Å². The first-order valence-corrected chi connectivity index (χ1v) is 5.62. The van der Waals surface area contributed by atoms with Crippen molar-refractivity contribution in [3.05, 3.63) is 35.9 Å². The van der Waals surface area contributed by atoms with Gasteiger partial charge < -0.3 is 10.1 Å². The van der Waals surface area contributed by atoms with Gasteiger partial charge in [0.25, 0.3) is 0 Å². The van der Waals surface area contributed by atoms with Crippen molar-refractivity contribution in [2.24, 2.45) is 0 Å². The number of halogens is 1. The molecule has 0 atom stereocenters. The highest BCUT2D eigenvalue weighted by Crippen LogP contribution is 2.06. The third-order valence-corrected chi connectivity index (χ3v) is 1.83. The smallest absolute Gasteiger partial charge is 0.407 e. The third kappa shape index (κ3) is 5.43. The summed E-state index contributed by atoms with van der Waals surface area (Å²) < 4.78 is 18.2. The maximum Gasteiger partial charge on any atom is 0.407 e. The Morgan fingerprint density at radius 1 is 1.56 bits per heavy atom. The lowest BCUT2D eigenvalue weighted by atomic mass is 10.2. The molecular formula is C13H17FN2O2. The lowest BCUT2D eigenvalue weighted by Crippen LogP contribution is -2.32. The molecule has 0 saturated carbocycles. The molecule has 0 fully saturated rings. The summed E-state index contributed by atoms with van der Waals surface area (Å²) in [5.74, 6) is -0.397. The van der Waals surface area contributed by atoms with E-state index in [0.29, 0.717) is 0 Å². The van der Waals surface area contributed by atoms with E-state index in [1.54, 1.807) is 26.8 Å². The molecule has 1 N–H and O–H groups in total. The Balaban J connectivity index is 2.38. The Kier molecular flexibility index (Phi) is 4.83. The summed E-state index contributed by atoms with van der Waals surface area (Å²) in [5, 5.41) is 2.53. The average Bonchev–Trinajstić information content (AvgIpc) is 2.24. The van der Waals surface area contributed by atoms with Gasteiger partial charge >= 0.3 is 6.09 Å². The normalized spacial score (nSPS) is 11.6. The maximum atomic E-state index is 13.2. The van der Waals surface area contributed by atoms with E-state index in [1.807, 2.05) is 0 Å². The van der Waals surface area contributed by atoms with Crippen LogP contribution in [0.3, 0.4) is 0 Å². The predicted molar refractivity (Wildman–Crippen MR) is 67.5 cm³/mol. The van der Waals surface area contributed by atoms with E-state index >= 15 is 0 Å². The van der Waals surface area contributed by atoms with Gasteiger partial charge in [-0.15, -0.1) is 0 Å². The van der Waals surface area contributed by atoms with E-state index in [2.05, 4.69) is 10.3 Å². The fraction of sp³-hybridized carbons (Fsp3) is 0.385. The second-order valence-corrected chi connectivity index (χ2v) is 4.66. The molecule has 98 valence electrons. The highest BCUT2D eigenvalue weighted by atomic mass is 19.1. The maximum absolute atomic E-state index is 13.2. The molecule has 0 spiro atoms. The van der Waals surface area contributed by atoms with Crippen LogP contribution in [0.2, 0.25) is 0 Å². The Morgan fingerprint density at radius 3 is 2.89 bits per heavy atom. The molecule has 0 aliphatic carbocycles. The standard InChI is InChI=1S/C13H17FN2O2/c1-13(2,3)18-12(17)16-9-5-7-11-10(14)6-4-8-15-11/h4-8H,9H2,1-3H3,(H,16,17). The monoisotopic (exact) mass is 252 g/mol. The zero-order valence-corrected chi connectivity index (χ0v) is 10.7. The van der Waals surface area contributed by atoms with Gasteiger partial charge in [-0.05, 0) is 39.0 Å². The Hall–Kier alpha value is -1.91. The molecule has 1 amide bonds. The molecular weight excluding hydrogens is 235 g/mol. The predicted octanol–water partition coefficient (Wildman–Crippen LogP) is 2.76. The van der Waals surface area contributed by atoms with Crippen molar-refractivity contribution in [3.8, 4) is 0 Å². The van der Waals surface area contributed by atoms with Gasteiger partial charge in [0.05, 0.1) is 5.69 Å². The number of hydrogen-bond donors (Lipinski definition) is 1. The topological polar surface area (TPSA) is 51.2 Å². The number of nitrogens with zero attached hydrogens (tertiary/aromatic N) is 1. The average molecular weight is 252 g/mol. The van der Waals surface area contributed by atoms with Crippen LogP contribution in [0.4, 0.5) is 9.18 Å². The van der Waals surface area contributed by atoms with E-state index in [9.17, 15) is 9.18 Å². The minimum absolute atomic E-state index is 0.239. The fourth-order valence-corrected chi connectivity index (χ4v) is 1.15. The summed E-state index contributed by atoms with van der Waals surface area (Å²) in [7, 11) is 0. The van der Waals surface area contributed by atoms with Gasteiger partial charge in [0.15, 0.2) is 0 Å². The largest absolute Gasteiger partial charge is 0.444 e. The summed E-state index contributed by atoms with van der Waals surface area (Å²) in [6.07, 6.45) is 4.11. The number of aromatic nitrogens is 1. The van der Waals surface area contributed by atoms with Crippen LogP contribution < -0.4 is 5.32 Å². The van der Waals surface area contributed by atoms with Crippen LogP contribution in [0.1, 0.15) is 26.5 Å². The number of rotatable bonds is 3. The van der Waals surface area contributed by atoms with Crippen LogP contribution in [-0.2, 0) is 4.74 Å². The molecule has 1 heterocycles. The molecule has 0 aliphatic rings. The minimum atomic E-state index is -0.527. The van der Waals surface area contributed by atoms with Crippen LogP contribution >= 0.6 is 0 Å². The highest BCUT2D eigenvalue weighted by molar-refractivity contribution is 5.68. The van der Waals surface area contributed by atoms with Gasteiger partial charge in [-0.2, -0.15) is 0 Å². The summed E-state index contributed by atoms with van der Waals surface area (Å²) in [5.41, 5.74) is -0.288. The fourth-order valence-electron chi connectivity index (χ4n) is 1.15. The number of nitrogens with one attached hydrogen (secondary N) is 1.